The van der Waals surface area contributed by atoms with Gasteiger partial charge in [-0.15, -0.1) is 0 Å². The summed E-state index contributed by atoms with van der Waals surface area (Å²) < 4.78 is 5.65. The molecule has 8 N–H and O–H groups in total. The summed E-state index contributed by atoms with van der Waals surface area (Å²) in [6.45, 7) is 3.21. The number of para-hydroxylation sites is 1. The van der Waals surface area contributed by atoms with E-state index >= 15 is 0 Å². The van der Waals surface area contributed by atoms with E-state index in [0.717, 1.165) is 38.2 Å². The van der Waals surface area contributed by atoms with Crippen molar-refractivity contribution in [2.45, 2.75) is 60.4 Å². The molecule has 3 amide bonds. The molecule has 4 heterocycles. The minimum absolute atomic E-state index is 0.138. The third-order valence-corrected chi connectivity index (χ3v) is 11.3. The molecule has 0 saturated carbocycles. The van der Waals surface area contributed by atoms with Crippen molar-refractivity contribution in [1.29, 1.82) is 0 Å². The molecule has 0 unspecified atom stereocenters. The van der Waals surface area contributed by atoms with Crippen molar-refractivity contribution in [2.24, 2.45) is 11.5 Å². The van der Waals surface area contributed by atoms with Crippen LogP contribution in [0.25, 0.3) is 10.9 Å². The van der Waals surface area contributed by atoms with Crippen LogP contribution in [0.5, 0.6) is 0 Å². The Bertz CT molecular complexity index is 1880. The number of aromatic nitrogens is 2. The molecule has 13 nitrogen and oxygen atoms in total. The molecule has 2 aliphatic rings. The highest BCUT2D eigenvalue weighted by molar-refractivity contribution is 7.99. The lowest BCUT2D eigenvalue weighted by Gasteiger charge is -2.33. The minimum atomic E-state index is -1.06. The molecule has 2 aromatic carbocycles. The van der Waals surface area contributed by atoms with Gasteiger partial charge in [-0.2, -0.15) is 0 Å². The molecule has 0 bridgehead atoms. The monoisotopic (exact) mass is 747 g/mol. The Balaban J connectivity index is 1.44. The van der Waals surface area contributed by atoms with Crippen LogP contribution in [-0.2, 0) is 38.6 Å². The van der Waals surface area contributed by atoms with Gasteiger partial charge in [0.15, 0.2) is 0 Å². The predicted molar refractivity (Wildman–Crippen MR) is 203 cm³/mol. The number of amides is 3. The summed E-state index contributed by atoms with van der Waals surface area (Å²) in [5.41, 5.74) is 16.4. The third kappa shape index (κ3) is 8.54. The number of nitrogens with zero attached hydrogens (tertiary/aromatic N) is 3. The highest BCUT2D eigenvalue weighted by atomic mass is 35.5. The second-order valence-corrected chi connectivity index (χ2v) is 14.4. The summed E-state index contributed by atoms with van der Waals surface area (Å²) in [6.07, 6.45) is 4.82. The van der Waals surface area contributed by atoms with Crippen LogP contribution in [0, 0.1) is 0 Å². The van der Waals surface area contributed by atoms with E-state index < -0.39 is 24.0 Å². The summed E-state index contributed by atoms with van der Waals surface area (Å²) >= 11 is 8.40. The Hall–Kier alpha value is -4.18. The second-order valence-electron chi connectivity index (χ2n) is 13.0. The van der Waals surface area contributed by atoms with Gasteiger partial charge in [0.1, 0.15) is 17.1 Å². The van der Waals surface area contributed by atoms with E-state index in [1.165, 1.54) is 16.7 Å². The van der Waals surface area contributed by atoms with Gasteiger partial charge in [0, 0.05) is 85.6 Å². The Morgan fingerprint density at radius 2 is 1.81 bits per heavy atom. The number of morpholine rings is 1. The number of anilines is 1. The number of nitrogens with one attached hydrogen (secondary N) is 4. The standard InChI is InChI=1S/C37H46ClN9O4S/c1-46-32(18-24-21-42-28-8-3-2-7-25(24)28)35(49)44-22-26-31(47-14-16-51-17-15-47)11-10-27(38)33(26)52-36-23(6-5-13-41-36)20-43-29(9-4-12-39)34(48)45-30(19-40)37(46)50/h2-3,5-8,10-11,13,21,29-30,32,42-43H,4,9,12,14-20,22,39-40H2,1H3,(H,44,49)(H,45,48)/t29-,30-,32-/m0/s1. The van der Waals surface area contributed by atoms with Gasteiger partial charge in [0.25, 0.3) is 0 Å². The summed E-state index contributed by atoms with van der Waals surface area (Å²) in [6, 6.07) is 12.8. The van der Waals surface area contributed by atoms with E-state index in [4.69, 9.17) is 32.8 Å². The molecule has 276 valence electrons. The Kier molecular flexibility index (Phi) is 12.7. The SMILES string of the molecule is CN1C(=O)[C@H](CN)NC(=O)[C@H](CCCN)NCc2cccnc2Sc2c(Cl)ccc(N3CCOCC3)c2CNC(=O)[C@@H]1Cc1c[nH]c2ccccc12. The number of nitrogens with two attached hydrogens (primary N) is 2. The zero-order valence-electron chi connectivity index (χ0n) is 29.2. The van der Waals surface area contributed by atoms with Crippen molar-refractivity contribution < 1.29 is 19.1 Å². The van der Waals surface area contributed by atoms with Gasteiger partial charge in [0.05, 0.1) is 24.3 Å². The molecule has 2 aliphatic heterocycles. The van der Waals surface area contributed by atoms with Crippen molar-refractivity contribution in [3.8, 4) is 0 Å². The maximum absolute atomic E-state index is 14.4. The van der Waals surface area contributed by atoms with Gasteiger partial charge in [0.2, 0.25) is 17.7 Å². The molecule has 4 aromatic rings. The quantitative estimate of drug-likeness (QED) is 0.164. The largest absolute Gasteiger partial charge is 0.378 e. The predicted octanol–water partition coefficient (Wildman–Crippen LogP) is 2.54. The Labute approximate surface area is 312 Å². The van der Waals surface area contributed by atoms with Crippen LogP contribution in [0.2, 0.25) is 5.02 Å². The van der Waals surface area contributed by atoms with Crippen LogP contribution in [0.3, 0.4) is 0 Å². The number of ether oxygens (including phenoxy) is 1. The summed E-state index contributed by atoms with van der Waals surface area (Å²) in [5.74, 6) is -1.22. The lowest BCUT2D eigenvalue weighted by atomic mass is 10.0. The van der Waals surface area contributed by atoms with E-state index in [1.807, 2.05) is 54.7 Å². The number of carbonyl (C=O) groups excluding carboxylic acids is 3. The van der Waals surface area contributed by atoms with Crippen LogP contribution in [0.1, 0.15) is 29.5 Å². The molecule has 15 heteroatoms. The molecule has 0 spiro atoms. The average Bonchev–Trinajstić information content (AvgIpc) is 3.58. The summed E-state index contributed by atoms with van der Waals surface area (Å²) in [7, 11) is 1.58. The van der Waals surface area contributed by atoms with Gasteiger partial charge in [-0.3, -0.25) is 14.4 Å². The molecule has 0 aliphatic carbocycles. The molecule has 1 saturated heterocycles. The van der Waals surface area contributed by atoms with Crippen LogP contribution >= 0.6 is 23.4 Å². The first-order valence-electron chi connectivity index (χ1n) is 17.6. The number of pyridine rings is 1. The summed E-state index contributed by atoms with van der Waals surface area (Å²) in [4.78, 5) is 54.8. The van der Waals surface area contributed by atoms with Crippen molar-refractivity contribution in [2.75, 3.05) is 51.3 Å². The minimum Gasteiger partial charge on any atom is -0.378 e. The van der Waals surface area contributed by atoms with Gasteiger partial charge in [-0.05, 0) is 54.8 Å². The molecule has 2 aromatic heterocycles. The highest BCUT2D eigenvalue weighted by Crippen LogP contribution is 2.41. The Morgan fingerprint density at radius 3 is 2.60 bits per heavy atom. The highest BCUT2D eigenvalue weighted by Gasteiger charge is 2.34. The van der Waals surface area contributed by atoms with Crippen molar-refractivity contribution >= 4 is 57.7 Å². The van der Waals surface area contributed by atoms with E-state index in [9.17, 15) is 14.4 Å². The number of fused-ring (bicyclic) bond motifs is 3. The third-order valence-electron chi connectivity index (χ3n) is 9.64. The molecule has 52 heavy (non-hydrogen) atoms. The molecule has 6 rings (SSSR count). The molecule has 3 atom stereocenters. The van der Waals surface area contributed by atoms with E-state index in [-0.39, 0.29) is 31.3 Å². The van der Waals surface area contributed by atoms with E-state index in [1.54, 1.807) is 13.2 Å². The first kappa shape index (κ1) is 37.6. The van der Waals surface area contributed by atoms with Gasteiger partial charge < -0.3 is 46.9 Å². The number of rotatable bonds is 7. The van der Waals surface area contributed by atoms with Crippen LogP contribution < -0.4 is 32.3 Å². The first-order valence-corrected chi connectivity index (χ1v) is 18.8. The normalized spacial score (nSPS) is 20.9. The topological polar surface area (TPSA) is 184 Å². The summed E-state index contributed by atoms with van der Waals surface area (Å²) in [5, 5.41) is 11.6. The van der Waals surface area contributed by atoms with Gasteiger partial charge in [-0.25, -0.2) is 4.98 Å². The number of halogens is 1. The number of hydrogen-bond acceptors (Lipinski definition) is 10. The number of aromatic amines is 1. The first-order chi connectivity index (χ1) is 25.3. The molecular weight excluding hydrogens is 702 g/mol. The van der Waals surface area contributed by atoms with Gasteiger partial charge >= 0.3 is 0 Å². The van der Waals surface area contributed by atoms with Gasteiger partial charge in [-0.1, -0.05) is 47.6 Å². The van der Waals surface area contributed by atoms with E-state index in [2.05, 4.69) is 25.8 Å². The Morgan fingerprint density at radius 1 is 1.00 bits per heavy atom. The van der Waals surface area contributed by atoms with Crippen molar-refractivity contribution in [3.63, 3.8) is 0 Å². The number of H-pyrrole nitrogens is 1. The maximum atomic E-state index is 14.4. The average molecular weight is 748 g/mol. The smallest absolute Gasteiger partial charge is 0.246 e. The lowest BCUT2D eigenvalue weighted by Crippen LogP contribution is -2.59. The van der Waals surface area contributed by atoms with E-state index in [0.29, 0.717) is 62.3 Å². The lowest BCUT2D eigenvalue weighted by molar-refractivity contribution is -0.141. The molecular formula is C37H46ClN9O4S. The zero-order valence-corrected chi connectivity index (χ0v) is 30.8. The van der Waals surface area contributed by atoms with Crippen LogP contribution in [-0.4, -0.2) is 97.2 Å². The fourth-order valence-corrected chi connectivity index (χ4v) is 8.04. The number of benzene rings is 2. The molecule has 1 fully saturated rings. The zero-order chi connectivity index (χ0) is 36.6. The molecule has 0 radical (unpaired) electrons. The van der Waals surface area contributed by atoms with Crippen molar-refractivity contribution in [3.05, 3.63) is 82.6 Å². The number of hydrogen-bond donors (Lipinski definition) is 6. The number of carbonyl (C=O) groups is 3. The van der Waals surface area contributed by atoms with Crippen molar-refractivity contribution in [1.82, 2.24) is 30.8 Å². The fraction of sp³-hybridized carbons (Fsp3) is 0.405. The number of likely N-dealkylation sites (N-methyl/N-ethyl adjacent to an activating group) is 1. The maximum Gasteiger partial charge on any atom is 0.246 e. The van der Waals surface area contributed by atoms with Crippen LogP contribution in [0.15, 0.2) is 70.8 Å². The fourth-order valence-electron chi connectivity index (χ4n) is 6.70. The second kappa shape index (κ2) is 17.6. The van der Waals surface area contributed by atoms with Crippen LogP contribution in [0.4, 0.5) is 5.69 Å².